The van der Waals surface area contributed by atoms with E-state index in [1.54, 1.807) is 0 Å². The number of rotatable bonds is 6. The molecule has 0 spiro atoms. The van der Waals surface area contributed by atoms with E-state index in [1.165, 1.54) is 40.6 Å². The highest BCUT2D eigenvalue weighted by molar-refractivity contribution is 7.82. The molecule has 0 amide bonds. The number of hydrogen-bond donors (Lipinski definition) is 1. The predicted molar refractivity (Wildman–Crippen MR) is 113 cm³/mol. The zero-order valence-electron chi connectivity index (χ0n) is 16.2. The Morgan fingerprint density at radius 1 is 1.11 bits per heavy atom. The Hall–Kier alpha value is -1.91. The molecule has 27 heavy (non-hydrogen) atoms. The van der Waals surface area contributed by atoms with Gasteiger partial charge in [-0.25, -0.2) is 8.51 Å². The summed E-state index contributed by atoms with van der Waals surface area (Å²) >= 11 is 0. The fraction of sp³-hybridized carbons (Fsp3) is 0.391. The molecular weight excluding hydrogens is 352 g/mol. The molecule has 0 saturated carbocycles. The number of aromatic nitrogens is 1. The van der Waals surface area contributed by atoms with Gasteiger partial charge in [0.1, 0.15) is 11.0 Å². The van der Waals surface area contributed by atoms with Crippen LogP contribution in [0.2, 0.25) is 0 Å². The van der Waals surface area contributed by atoms with Crippen molar-refractivity contribution < 1.29 is 4.21 Å². The van der Waals surface area contributed by atoms with E-state index in [4.69, 9.17) is 0 Å². The van der Waals surface area contributed by atoms with Gasteiger partial charge in [-0.3, -0.25) is 0 Å². The summed E-state index contributed by atoms with van der Waals surface area (Å²) in [6, 6.07) is 16.9. The van der Waals surface area contributed by atoms with Crippen molar-refractivity contribution in [1.29, 1.82) is 0 Å². The second kappa shape index (κ2) is 7.99. The molecule has 3 aromatic rings. The van der Waals surface area contributed by atoms with Gasteiger partial charge >= 0.3 is 0 Å². The van der Waals surface area contributed by atoms with E-state index in [2.05, 4.69) is 59.5 Å². The van der Waals surface area contributed by atoms with Crippen LogP contribution in [0.25, 0.3) is 10.9 Å². The molecule has 4 rings (SSSR count). The Morgan fingerprint density at radius 3 is 2.67 bits per heavy atom. The molecule has 4 heteroatoms. The van der Waals surface area contributed by atoms with Crippen LogP contribution in [0.5, 0.6) is 0 Å². The fourth-order valence-electron chi connectivity index (χ4n) is 4.16. The molecule has 1 aromatic heterocycles. The number of aromatic amines is 1. The number of hydrogen-bond acceptors (Lipinski definition) is 1. The summed E-state index contributed by atoms with van der Waals surface area (Å²) in [6.45, 7) is 5.14. The molecule has 0 bridgehead atoms. The smallest absolute Gasteiger partial charge is 0.128 e. The number of aryl methyl sites for hydroxylation is 1. The quantitative estimate of drug-likeness (QED) is 0.549. The number of unbranched alkanes of at least 4 members (excludes halogenated alkanes) is 2. The summed E-state index contributed by atoms with van der Waals surface area (Å²) in [5, 5.41) is 1.33. The molecular formula is C23H28N2OS. The van der Waals surface area contributed by atoms with Gasteiger partial charge in [0.05, 0.1) is 10.9 Å². The van der Waals surface area contributed by atoms with Gasteiger partial charge in [-0.05, 0) is 43.5 Å². The normalized spacial score (nSPS) is 18.5. The van der Waals surface area contributed by atoms with Crippen LogP contribution in [-0.4, -0.2) is 20.0 Å². The molecule has 2 atom stereocenters. The highest BCUT2D eigenvalue weighted by Crippen LogP contribution is 2.39. The lowest BCUT2D eigenvalue weighted by Crippen LogP contribution is -2.37. The maximum absolute atomic E-state index is 13.4. The minimum Gasteiger partial charge on any atom is -0.357 e. The van der Waals surface area contributed by atoms with Gasteiger partial charge in [0.2, 0.25) is 0 Å². The van der Waals surface area contributed by atoms with Crippen molar-refractivity contribution in [1.82, 2.24) is 9.29 Å². The van der Waals surface area contributed by atoms with Crippen molar-refractivity contribution in [3.8, 4) is 0 Å². The third-order valence-electron chi connectivity index (χ3n) is 5.63. The number of nitrogens with zero attached hydrogens (tertiary/aromatic N) is 1. The van der Waals surface area contributed by atoms with E-state index in [1.807, 2.05) is 12.1 Å². The molecule has 1 unspecified atom stereocenters. The lowest BCUT2D eigenvalue weighted by molar-refractivity contribution is 0.298. The number of H-pyrrole nitrogens is 1. The molecule has 1 aliphatic heterocycles. The lowest BCUT2D eigenvalue weighted by Gasteiger charge is -2.34. The summed E-state index contributed by atoms with van der Waals surface area (Å²) in [7, 11) is -1.13. The van der Waals surface area contributed by atoms with Gasteiger partial charge in [0.15, 0.2) is 0 Å². The van der Waals surface area contributed by atoms with Crippen molar-refractivity contribution in [2.24, 2.45) is 0 Å². The zero-order chi connectivity index (χ0) is 18.8. The topological polar surface area (TPSA) is 36.1 Å². The van der Waals surface area contributed by atoms with E-state index in [9.17, 15) is 4.21 Å². The molecule has 0 saturated heterocycles. The highest BCUT2D eigenvalue weighted by Gasteiger charge is 2.33. The Morgan fingerprint density at radius 2 is 1.89 bits per heavy atom. The maximum Gasteiger partial charge on any atom is 0.128 e. The number of benzene rings is 2. The standard InChI is InChI=1S/C23H28N2OS/c1-3-4-5-10-22-23-20(19-8-6-7-9-21(19)24-23)15-16-25(22)27(26)18-13-11-17(2)12-14-18/h6-9,11-14,22,24H,3-5,10,15-16H2,1-2H3/t22-,27?/m0/s1. The first-order valence-corrected chi connectivity index (χ1v) is 11.1. The van der Waals surface area contributed by atoms with Gasteiger partial charge in [-0.1, -0.05) is 62.1 Å². The molecule has 0 fully saturated rings. The second-order valence-corrected chi connectivity index (χ2v) is 8.97. The Bertz CT molecular complexity index is 945. The van der Waals surface area contributed by atoms with Crippen molar-refractivity contribution in [2.75, 3.05) is 6.54 Å². The summed E-state index contributed by atoms with van der Waals surface area (Å²) in [6.07, 6.45) is 5.58. The molecule has 142 valence electrons. The van der Waals surface area contributed by atoms with Crippen LogP contribution >= 0.6 is 0 Å². The first-order chi connectivity index (χ1) is 13.2. The van der Waals surface area contributed by atoms with Gasteiger partial charge < -0.3 is 4.98 Å². The summed E-state index contributed by atoms with van der Waals surface area (Å²) in [5.74, 6) is 0. The predicted octanol–water partition coefficient (Wildman–Crippen LogP) is 5.68. The Labute approximate surface area is 164 Å². The third-order valence-corrected chi connectivity index (χ3v) is 7.16. The van der Waals surface area contributed by atoms with Crippen LogP contribution < -0.4 is 0 Å². The minimum atomic E-state index is -1.13. The van der Waals surface area contributed by atoms with Gasteiger partial charge in [0, 0.05) is 23.1 Å². The van der Waals surface area contributed by atoms with E-state index < -0.39 is 11.0 Å². The van der Waals surface area contributed by atoms with Crippen molar-refractivity contribution in [3.63, 3.8) is 0 Å². The van der Waals surface area contributed by atoms with Gasteiger partial charge in [-0.15, -0.1) is 0 Å². The average Bonchev–Trinajstić information content (AvgIpc) is 3.07. The fourth-order valence-corrected chi connectivity index (χ4v) is 5.50. The summed E-state index contributed by atoms with van der Waals surface area (Å²) < 4.78 is 15.6. The van der Waals surface area contributed by atoms with Crippen LogP contribution in [0.4, 0.5) is 0 Å². The SMILES string of the molecule is CCCCC[C@H]1c2[nH]c3ccccc3c2CCN1S(=O)c1ccc(C)cc1. The van der Waals surface area contributed by atoms with Gasteiger partial charge in [-0.2, -0.15) is 0 Å². The second-order valence-electron chi connectivity index (χ2n) is 7.53. The van der Waals surface area contributed by atoms with Crippen molar-refractivity contribution in [3.05, 3.63) is 65.4 Å². The molecule has 1 aliphatic rings. The molecule has 0 aliphatic carbocycles. The largest absolute Gasteiger partial charge is 0.357 e. The van der Waals surface area contributed by atoms with Crippen molar-refractivity contribution >= 4 is 21.9 Å². The van der Waals surface area contributed by atoms with E-state index >= 15 is 0 Å². The first kappa shape index (κ1) is 18.5. The Kier molecular flexibility index (Phi) is 5.46. The summed E-state index contributed by atoms with van der Waals surface area (Å²) in [5.41, 5.74) is 5.10. The molecule has 2 heterocycles. The van der Waals surface area contributed by atoms with E-state index in [-0.39, 0.29) is 6.04 Å². The van der Waals surface area contributed by atoms with E-state index in [0.717, 1.165) is 30.7 Å². The van der Waals surface area contributed by atoms with Crippen LogP contribution in [0.3, 0.4) is 0 Å². The van der Waals surface area contributed by atoms with Crippen LogP contribution in [0.15, 0.2) is 53.4 Å². The lowest BCUT2D eigenvalue weighted by atomic mass is 9.95. The number of nitrogens with one attached hydrogen (secondary N) is 1. The third kappa shape index (κ3) is 3.61. The molecule has 2 aromatic carbocycles. The Balaban J connectivity index is 1.70. The number of para-hydroxylation sites is 1. The summed E-state index contributed by atoms with van der Waals surface area (Å²) in [4.78, 5) is 4.57. The van der Waals surface area contributed by atoms with Crippen LogP contribution in [0.1, 0.15) is 55.5 Å². The van der Waals surface area contributed by atoms with Crippen LogP contribution in [-0.2, 0) is 17.4 Å². The average molecular weight is 381 g/mol. The van der Waals surface area contributed by atoms with Crippen molar-refractivity contribution in [2.45, 2.75) is 56.9 Å². The highest BCUT2D eigenvalue weighted by atomic mass is 32.2. The monoisotopic (exact) mass is 380 g/mol. The number of fused-ring (bicyclic) bond motifs is 3. The van der Waals surface area contributed by atoms with E-state index in [0.29, 0.717) is 0 Å². The first-order valence-electron chi connectivity index (χ1n) is 10.0. The maximum atomic E-state index is 13.4. The zero-order valence-corrected chi connectivity index (χ0v) is 17.0. The van der Waals surface area contributed by atoms with Crippen LogP contribution in [0, 0.1) is 6.92 Å². The van der Waals surface area contributed by atoms with Gasteiger partial charge in [0.25, 0.3) is 0 Å². The molecule has 1 N–H and O–H groups in total. The molecule has 3 nitrogen and oxygen atoms in total. The minimum absolute atomic E-state index is 0.190. The molecule has 0 radical (unpaired) electrons.